The van der Waals surface area contributed by atoms with E-state index in [1.54, 1.807) is 11.8 Å². The first kappa shape index (κ1) is 12.6. The van der Waals surface area contributed by atoms with E-state index in [4.69, 9.17) is 9.63 Å². The van der Waals surface area contributed by atoms with Crippen molar-refractivity contribution >= 4 is 27.7 Å². The minimum absolute atomic E-state index is 0.164. The smallest absolute Gasteiger partial charge is 0.236 e. The highest BCUT2D eigenvalue weighted by Gasteiger charge is 2.08. The highest BCUT2D eigenvalue weighted by atomic mass is 79.9. The van der Waals surface area contributed by atoms with E-state index in [-0.39, 0.29) is 6.61 Å². The maximum absolute atomic E-state index is 8.67. The van der Waals surface area contributed by atoms with Gasteiger partial charge in [0.05, 0.1) is 12.4 Å². The van der Waals surface area contributed by atoms with Crippen molar-refractivity contribution in [1.82, 2.24) is 10.1 Å². The van der Waals surface area contributed by atoms with Crippen LogP contribution >= 0.6 is 27.7 Å². The maximum Gasteiger partial charge on any atom is 0.236 e. The summed E-state index contributed by atoms with van der Waals surface area (Å²) in [4.78, 5) is 4.29. The van der Waals surface area contributed by atoms with Gasteiger partial charge in [0.25, 0.3) is 0 Å². The number of hydrogen-bond donors (Lipinski definition) is 1. The quantitative estimate of drug-likeness (QED) is 0.860. The number of rotatable bonds is 5. The van der Waals surface area contributed by atoms with Gasteiger partial charge in [0, 0.05) is 15.8 Å². The molecular weight excluding hydrogens is 304 g/mol. The molecule has 1 N–H and O–H groups in total. The molecule has 2 aromatic rings. The fraction of sp³-hybridized carbons (Fsp3) is 0.273. The van der Waals surface area contributed by atoms with E-state index in [1.165, 1.54) is 0 Å². The number of thioether (sulfide) groups is 1. The molecule has 17 heavy (non-hydrogen) atoms. The molecule has 0 bridgehead atoms. The van der Waals surface area contributed by atoms with Crippen molar-refractivity contribution in [1.29, 1.82) is 0 Å². The predicted molar refractivity (Wildman–Crippen MR) is 70.7 cm³/mol. The van der Waals surface area contributed by atoms with E-state index >= 15 is 0 Å². The average Bonchev–Trinajstić information content (AvgIpc) is 2.78. The van der Waals surface area contributed by atoms with Gasteiger partial charge in [-0.2, -0.15) is 4.98 Å². The molecule has 4 nitrogen and oxygen atoms in total. The van der Waals surface area contributed by atoms with Crippen LogP contribution in [0.2, 0.25) is 0 Å². The third-order valence-corrected chi connectivity index (χ3v) is 3.43. The number of benzene rings is 1. The lowest BCUT2D eigenvalue weighted by Crippen LogP contribution is -1.88. The van der Waals surface area contributed by atoms with Crippen LogP contribution in [0.5, 0.6) is 0 Å². The molecule has 1 heterocycles. The summed E-state index contributed by atoms with van der Waals surface area (Å²) in [6, 6.07) is 7.74. The number of nitrogens with zero attached hydrogens (tertiary/aromatic N) is 2. The van der Waals surface area contributed by atoms with Gasteiger partial charge in [-0.3, -0.25) is 0 Å². The lowest BCUT2D eigenvalue weighted by molar-refractivity contribution is 0.322. The van der Waals surface area contributed by atoms with E-state index < -0.39 is 0 Å². The fourth-order valence-corrected chi connectivity index (χ4v) is 2.25. The molecule has 0 aliphatic carbocycles. The highest BCUT2D eigenvalue weighted by Crippen LogP contribution is 2.21. The SMILES string of the molecule is OCCSCc1nc(-c2cccc(Br)c2)no1. The van der Waals surface area contributed by atoms with Crippen LogP contribution in [0.25, 0.3) is 11.4 Å². The molecule has 90 valence electrons. The summed E-state index contributed by atoms with van der Waals surface area (Å²) in [5.41, 5.74) is 0.918. The normalized spacial score (nSPS) is 10.7. The van der Waals surface area contributed by atoms with Crippen molar-refractivity contribution in [2.75, 3.05) is 12.4 Å². The molecule has 1 aromatic carbocycles. The van der Waals surface area contributed by atoms with Crippen molar-refractivity contribution in [3.05, 3.63) is 34.6 Å². The summed E-state index contributed by atoms with van der Waals surface area (Å²) >= 11 is 4.96. The molecule has 0 amide bonds. The lowest BCUT2D eigenvalue weighted by atomic mass is 10.2. The van der Waals surface area contributed by atoms with Gasteiger partial charge in [0.15, 0.2) is 0 Å². The third-order valence-electron chi connectivity index (χ3n) is 2.01. The van der Waals surface area contributed by atoms with Gasteiger partial charge in [0.2, 0.25) is 11.7 Å². The van der Waals surface area contributed by atoms with Crippen molar-refractivity contribution in [3.63, 3.8) is 0 Å². The first-order valence-electron chi connectivity index (χ1n) is 5.06. The van der Waals surface area contributed by atoms with E-state index in [1.807, 2.05) is 24.3 Å². The molecule has 6 heteroatoms. The van der Waals surface area contributed by atoms with Crippen molar-refractivity contribution < 1.29 is 9.63 Å². The molecule has 2 rings (SSSR count). The number of aromatic nitrogens is 2. The van der Waals surface area contributed by atoms with E-state index in [0.29, 0.717) is 23.2 Å². The monoisotopic (exact) mass is 314 g/mol. The van der Waals surface area contributed by atoms with Gasteiger partial charge in [-0.1, -0.05) is 33.2 Å². The minimum Gasteiger partial charge on any atom is -0.396 e. The topological polar surface area (TPSA) is 59.2 Å². The van der Waals surface area contributed by atoms with Gasteiger partial charge in [-0.05, 0) is 12.1 Å². The fourth-order valence-electron chi connectivity index (χ4n) is 1.28. The number of aliphatic hydroxyl groups is 1. The van der Waals surface area contributed by atoms with Crippen LogP contribution in [0.3, 0.4) is 0 Å². The van der Waals surface area contributed by atoms with Gasteiger partial charge >= 0.3 is 0 Å². The van der Waals surface area contributed by atoms with E-state index in [0.717, 1.165) is 10.0 Å². The summed E-state index contributed by atoms with van der Waals surface area (Å²) in [5.74, 6) is 2.47. The molecule has 0 saturated heterocycles. The Hall–Kier alpha value is -0.850. The highest BCUT2D eigenvalue weighted by molar-refractivity contribution is 9.10. The molecule has 0 atom stereocenters. The second-order valence-electron chi connectivity index (χ2n) is 3.30. The van der Waals surface area contributed by atoms with Crippen LogP contribution in [0.4, 0.5) is 0 Å². The second-order valence-corrected chi connectivity index (χ2v) is 5.32. The lowest BCUT2D eigenvalue weighted by Gasteiger charge is -1.94. The van der Waals surface area contributed by atoms with Crippen molar-refractivity contribution in [2.45, 2.75) is 5.75 Å². The number of aliphatic hydroxyl groups excluding tert-OH is 1. The number of hydrogen-bond acceptors (Lipinski definition) is 5. The molecule has 0 saturated carbocycles. The molecule has 0 radical (unpaired) electrons. The van der Waals surface area contributed by atoms with Gasteiger partial charge < -0.3 is 9.63 Å². The van der Waals surface area contributed by atoms with Gasteiger partial charge in [0.1, 0.15) is 0 Å². The van der Waals surface area contributed by atoms with Crippen LogP contribution in [0.1, 0.15) is 5.89 Å². The molecule has 0 spiro atoms. The van der Waals surface area contributed by atoms with E-state index in [9.17, 15) is 0 Å². The molecule has 0 aliphatic heterocycles. The van der Waals surface area contributed by atoms with E-state index in [2.05, 4.69) is 26.1 Å². The second kappa shape index (κ2) is 6.18. The zero-order chi connectivity index (χ0) is 12.1. The molecule has 0 unspecified atom stereocenters. The summed E-state index contributed by atoms with van der Waals surface area (Å²) < 4.78 is 6.11. The summed E-state index contributed by atoms with van der Waals surface area (Å²) in [7, 11) is 0. The van der Waals surface area contributed by atoms with Gasteiger partial charge in [-0.15, -0.1) is 11.8 Å². The predicted octanol–water partition coefficient (Wildman–Crippen LogP) is 2.72. The van der Waals surface area contributed by atoms with Crippen LogP contribution in [-0.2, 0) is 5.75 Å². The first-order chi connectivity index (χ1) is 8.29. The Morgan fingerprint density at radius 1 is 1.41 bits per heavy atom. The Bertz CT molecular complexity index is 490. The zero-order valence-corrected chi connectivity index (χ0v) is 11.4. The Balaban J connectivity index is 2.07. The molecule has 0 fully saturated rings. The minimum atomic E-state index is 0.164. The molecular formula is C11H11BrN2O2S. The van der Waals surface area contributed by atoms with Crippen molar-refractivity contribution in [2.24, 2.45) is 0 Å². The average molecular weight is 315 g/mol. The standard InChI is InChI=1S/C11H11BrN2O2S/c12-9-3-1-2-8(6-9)11-13-10(16-14-11)7-17-5-4-15/h1-3,6,15H,4-5,7H2. The maximum atomic E-state index is 8.67. The summed E-state index contributed by atoms with van der Waals surface area (Å²) in [6.07, 6.45) is 0. The van der Waals surface area contributed by atoms with Crippen molar-refractivity contribution in [3.8, 4) is 11.4 Å². The first-order valence-corrected chi connectivity index (χ1v) is 7.01. The summed E-state index contributed by atoms with van der Waals surface area (Å²) in [5, 5.41) is 12.6. The Morgan fingerprint density at radius 3 is 3.06 bits per heavy atom. The Kier molecular flexibility index (Phi) is 4.58. The zero-order valence-electron chi connectivity index (χ0n) is 8.97. The van der Waals surface area contributed by atoms with Crippen LogP contribution < -0.4 is 0 Å². The Labute approximate surface area is 112 Å². The summed E-state index contributed by atoms with van der Waals surface area (Å²) in [6.45, 7) is 0.164. The molecule has 0 aliphatic rings. The van der Waals surface area contributed by atoms with Gasteiger partial charge in [-0.25, -0.2) is 0 Å². The Morgan fingerprint density at radius 2 is 2.29 bits per heavy atom. The van der Waals surface area contributed by atoms with Crippen LogP contribution in [-0.4, -0.2) is 27.6 Å². The largest absolute Gasteiger partial charge is 0.396 e. The van der Waals surface area contributed by atoms with Crippen LogP contribution in [0, 0.1) is 0 Å². The number of halogens is 1. The molecule has 1 aromatic heterocycles. The van der Waals surface area contributed by atoms with Crippen LogP contribution in [0.15, 0.2) is 33.3 Å². The third kappa shape index (κ3) is 3.55.